The van der Waals surface area contributed by atoms with E-state index in [4.69, 9.17) is 11.6 Å². The predicted molar refractivity (Wildman–Crippen MR) is 33.4 cm³/mol. The van der Waals surface area contributed by atoms with Gasteiger partial charge in [-0.05, 0) is 5.92 Å². The van der Waals surface area contributed by atoms with Gasteiger partial charge in [-0.1, -0.05) is 29.8 Å². The van der Waals surface area contributed by atoms with Crippen LogP contribution in [0.15, 0.2) is 0 Å². The lowest BCUT2D eigenvalue weighted by Crippen LogP contribution is -1.95. The number of hydrogen-bond donors (Lipinski definition) is 0. The molecule has 0 N–H and O–H groups in total. The molecule has 0 radical (unpaired) electrons. The number of rotatable bonds is 1. The van der Waals surface area contributed by atoms with Gasteiger partial charge in [0.05, 0.1) is 4.29 Å². The Balaban J connectivity index is 2.99. The highest BCUT2D eigenvalue weighted by atomic mass is 79.9. The molecular formula is C4H8BrCl. The molecule has 0 nitrogen and oxygen atoms in total. The Labute approximate surface area is 52.0 Å². The van der Waals surface area contributed by atoms with E-state index in [9.17, 15) is 0 Å². The molecule has 0 spiro atoms. The molecule has 0 aliphatic carbocycles. The summed E-state index contributed by atoms with van der Waals surface area (Å²) in [4.78, 5) is 0. The maximum Gasteiger partial charge on any atom is 0.0909 e. The number of halogens is 2. The van der Waals surface area contributed by atoms with Gasteiger partial charge in [0, 0.05) is 0 Å². The van der Waals surface area contributed by atoms with Crippen molar-refractivity contribution in [3.63, 3.8) is 0 Å². The predicted octanol–water partition coefficient (Wildman–Crippen LogP) is 2.60. The monoisotopic (exact) mass is 170 g/mol. The first-order valence-corrected chi connectivity index (χ1v) is 3.28. The molecule has 0 fully saturated rings. The highest BCUT2D eigenvalue weighted by Gasteiger charge is 2.00. The molecule has 0 heterocycles. The average molecular weight is 171 g/mol. The summed E-state index contributed by atoms with van der Waals surface area (Å²) in [5.41, 5.74) is 0. The molecule has 0 aliphatic rings. The van der Waals surface area contributed by atoms with E-state index in [1.165, 1.54) is 0 Å². The van der Waals surface area contributed by atoms with E-state index < -0.39 is 0 Å². The van der Waals surface area contributed by atoms with Crippen molar-refractivity contribution in [1.29, 1.82) is 0 Å². The van der Waals surface area contributed by atoms with Gasteiger partial charge in [0.25, 0.3) is 0 Å². The summed E-state index contributed by atoms with van der Waals surface area (Å²) in [5, 5.41) is 0. The molecule has 6 heavy (non-hydrogen) atoms. The minimum atomic E-state index is 0.137. The SMILES string of the molecule is CC(C)C(Cl)Br. The second kappa shape index (κ2) is 2.86. The molecule has 0 aliphatic heterocycles. The Morgan fingerprint density at radius 1 is 1.50 bits per heavy atom. The Bertz CT molecular complexity index is 28.5. The maximum atomic E-state index is 5.53. The molecule has 0 rings (SSSR count). The zero-order valence-corrected chi connectivity index (χ0v) is 6.25. The summed E-state index contributed by atoms with van der Waals surface area (Å²) in [5.74, 6) is 0.534. The smallest absolute Gasteiger partial charge is 0.0909 e. The molecule has 38 valence electrons. The van der Waals surface area contributed by atoms with Crippen molar-refractivity contribution in [2.45, 2.75) is 18.1 Å². The summed E-state index contributed by atoms with van der Waals surface area (Å²) in [6.45, 7) is 4.12. The Hall–Kier alpha value is 0.770. The molecule has 0 saturated heterocycles. The van der Waals surface area contributed by atoms with Gasteiger partial charge in [0.1, 0.15) is 0 Å². The third kappa shape index (κ3) is 2.98. The van der Waals surface area contributed by atoms with Crippen LogP contribution in [0.3, 0.4) is 0 Å². The van der Waals surface area contributed by atoms with E-state index in [0.717, 1.165) is 0 Å². The highest BCUT2D eigenvalue weighted by Crippen LogP contribution is 2.14. The minimum Gasteiger partial charge on any atom is -0.110 e. The highest BCUT2D eigenvalue weighted by molar-refractivity contribution is 9.10. The summed E-state index contributed by atoms with van der Waals surface area (Å²) < 4.78 is 0.137. The summed E-state index contributed by atoms with van der Waals surface area (Å²) >= 11 is 8.73. The van der Waals surface area contributed by atoms with Crippen LogP contribution in [-0.2, 0) is 0 Å². The Morgan fingerprint density at radius 3 is 1.67 bits per heavy atom. The van der Waals surface area contributed by atoms with Crippen LogP contribution in [-0.4, -0.2) is 4.29 Å². The van der Waals surface area contributed by atoms with Gasteiger partial charge >= 0.3 is 0 Å². The van der Waals surface area contributed by atoms with Crippen LogP contribution < -0.4 is 0 Å². The summed E-state index contributed by atoms with van der Waals surface area (Å²) in [6, 6.07) is 0. The van der Waals surface area contributed by atoms with Crippen LogP contribution in [0, 0.1) is 5.92 Å². The standard InChI is InChI=1S/C4H8BrCl/c1-3(2)4(5)6/h3-4H,1-2H3. The van der Waals surface area contributed by atoms with Crippen LogP contribution in [0.1, 0.15) is 13.8 Å². The Kier molecular flexibility index (Phi) is 3.23. The van der Waals surface area contributed by atoms with Crippen LogP contribution in [0.25, 0.3) is 0 Å². The number of hydrogen-bond acceptors (Lipinski definition) is 0. The minimum absolute atomic E-state index is 0.137. The fourth-order valence-corrected chi connectivity index (χ4v) is 0. The average Bonchev–Trinajstić information content (AvgIpc) is 1.36. The second-order valence-corrected chi connectivity index (χ2v) is 3.56. The molecule has 2 heteroatoms. The van der Waals surface area contributed by atoms with E-state index in [0.29, 0.717) is 5.92 Å². The first-order chi connectivity index (χ1) is 2.64. The van der Waals surface area contributed by atoms with E-state index in [2.05, 4.69) is 29.8 Å². The van der Waals surface area contributed by atoms with Gasteiger partial charge in [0.15, 0.2) is 0 Å². The van der Waals surface area contributed by atoms with Crippen molar-refractivity contribution in [3.8, 4) is 0 Å². The van der Waals surface area contributed by atoms with Crippen molar-refractivity contribution >= 4 is 27.5 Å². The lowest BCUT2D eigenvalue weighted by molar-refractivity contribution is 0.722. The van der Waals surface area contributed by atoms with Crippen molar-refractivity contribution < 1.29 is 0 Å². The maximum absolute atomic E-state index is 5.53. The lowest BCUT2D eigenvalue weighted by Gasteiger charge is -2.00. The third-order valence-electron chi connectivity index (χ3n) is 0.504. The quantitative estimate of drug-likeness (QED) is 0.532. The summed E-state index contributed by atoms with van der Waals surface area (Å²) in [7, 11) is 0. The van der Waals surface area contributed by atoms with E-state index in [-0.39, 0.29) is 4.29 Å². The van der Waals surface area contributed by atoms with Gasteiger partial charge in [-0.15, -0.1) is 11.6 Å². The first kappa shape index (κ1) is 6.77. The van der Waals surface area contributed by atoms with Crippen molar-refractivity contribution in [2.24, 2.45) is 5.92 Å². The topological polar surface area (TPSA) is 0 Å². The summed E-state index contributed by atoms with van der Waals surface area (Å²) in [6.07, 6.45) is 0. The molecule has 0 aromatic carbocycles. The molecular weight excluding hydrogens is 163 g/mol. The fourth-order valence-electron chi connectivity index (χ4n) is 0. The molecule has 1 unspecified atom stereocenters. The zero-order chi connectivity index (χ0) is 5.15. The van der Waals surface area contributed by atoms with Crippen molar-refractivity contribution in [1.82, 2.24) is 0 Å². The molecule has 0 aromatic heterocycles. The molecule has 0 amide bonds. The van der Waals surface area contributed by atoms with Gasteiger partial charge < -0.3 is 0 Å². The van der Waals surface area contributed by atoms with Gasteiger partial charge in [-0.25, -0.2) is 0 Å². The number of alkyl halides is 2. The molecule has 0 saturated carbocycles. The van der Waals surface area contributed by atoms with Crippen LogP contribution >= 0.6 is 27.5 Å². The first-order valence-electron chi connectivity index (χ1n) is 1.92. The van der Waals surface area contributed by atoms with E-state index in [1.807, 2.05) is 0 Å². The molecule has 0 bridgehead atoms. The fraction of sp³-hybridized carbons (Fsp3) is 1.00. The van der Waals surface area contributed by atoms with E-state index >= 15 is 0 Å². The largest absolute Gasteiger partial charge is 0.110 e. The molecule has 1 atom stereocenters. The Morgan fingerprint density at radius 2 is 1.67 bits per heavy atom. The van der Waals surface area contributed by atoms with Gasteiger partial charge in [-0.2, -0.15) is 0 Å². The van der Waals surface area contributed by atoms with Gasteiger partial charge in [0.2, 0.25) is 0 Å². The zero-order valence-electron chi connectivity index (χ0n) is 3.91. The van der Waals surface area contributed by atoms with Crippen molar-refractivity contribution in [2.75, 3.05) is 0 Å². The van der Waals surface area contributed by atoms with Gasteiger partial charge in [-0.3, -0.25) is 0 Å². The van der Waals surface area contributed by atoms with Crippen LogP contribution in [0.2, 0.25) is 0 Å². The third-order valence-corrected chi connectivity index (χ3v) is 2.07. The van der Waals surface area contributed by atoms with Crippen LogP contribution in [0.5, 0.6) is 0 Å². The van der Waals surface area contributed by atoms with Crippen molar-refractivity contribution in [3.05, 3.63) is 0 Å². The van der Waals surface area contributed by atoms with E-state index in [1.54, 1.807) is 0 Å². The normalized spacial score (nSPS) is 15.5. The second-order valence-electron chi connectivity index (χ2n) is 1.58. The van der Waals surface area contributed by atoms with Crippen LogP contribution in [0.4, 0.5) is 0 Å². The molecule has 0 aromatic rings. The lowest BCUT2D eigenvalue weighted by atomic mass is 10.3.